The fourth-order valence-electron chi connectivity index (χ4n) is 2.37. The zero-order valence-electron chi connectivity index (χ0n) is 13.9. The zero-order chi connectivity index (χ0) is 15.9. The molecular weight excluding hydrogens is 266 g/mol. The predicted octanol–water partition coefficient (Wildman–Crippen LogP) is 4.23. The SMILES string of the molecule is CCCCCCCCCCCC(=O)N(C)CCCC(=O)O. The fraction of sp³-hybridized carbons (Fsp3) is 0.882. The number of aliphatic carboxylic acids is 1. The van der Waals surface area contributed by atoms with Gasteiger partial charge in [0.1, 0.15) is 0 Å². The summed E-state index contributed by atoms with van der Waals surface area (Å²) in [6, 6.07) is 0. The van der Waals surface area contributed by atoms with Gasteiger partial charge in [-0.2, -0.15) is 0 Å². The van der Waals surface area contributed by atoms with Crippen LogP contribution in [0.3, 0.4) is 0 Å². The molecule has 1 amide bonds. The molecule has 0 aromatic carbocycles. The minimum absolute atomic E-state index is 0.135. The number of amides is 1. The third-order valence-electron chi connectivity index (χ3n) is 3.80. The molecule has 0 bridgehead atoms. The van der Waals surface area contributed by atoms with Gasteiger partial charge in [-0.1, -0.05) is 58.3 Å². The highest BCUT2D eigenvalue weighted by Crippen LogP contribution is 2.11. The summed E-state index contributed by atoms with van der Waals surface area (Å²) in [5.74, 6) is -0.655. The van der Waals surface area contributed by atoms with Crippen molar-refractivity contribution in [2.75, 3.05) is 13.6 Å². The van der Waals surface area contributed by atoms with E-state index in [1.165, 1.54) is 44.9 Å². The van der Waals surface area contributed by atoms with Gasteiger partial charge in [-0.15, -0.1) is 0 Å². The first-order valence-corrected chi connectivity index (χ1v) is 8.53. The highest BCUT2D eigenvalue weighted by Gasteiger charge is 2.08. The monoisotopic (exact) mass is 299 g/mol. The van der Waals surface area contributed by atoms with Crippen LogP contribution in [0, 0.1) is 0 Å². The molecule has 4 heteroatoms. The number of hydrogen-bond acceptors (Lipinski definition) is 2. The van der Waals surface area contributed by atoms with Gasteiger partial charge in [-0.3, -0.25) is 9.59 Å². The quantitative estimate of drug-likeness (QED) is 0.488. The van der Waals surface area contributed by atoms with Gasteiger partial charge in [0.05, 0.1) is 0 Å². The van der Waals surface area contributed by atoms with Crippen molar-refractivity contribution in [3.63, 3.8) is 0 Å². The average molecular weight is 299 g/mol. The average Bonchev–Trinajstić information content (AvgIpc) is 2.44. The van der Waals surface area contributed by atoms with Crippen LogP contribution in [0.25, 0.3) is 0 Å². The summed E-state index contributed by atoms with van der Waals surface area (Å²) < 4.78 is 0. The largest absolute Gasteiger partial charge is 0.481 e. The lowest BCUT2D eigenvalue weighted by Crippen LogP contribution is -2.27. The second kappa shape index (κ2) is 13.9. The van der Waals surface area contributed by atoms with Crippen LogP contribution in [-0.4, -0.2) is 35.5 Å². The Bertz CT molecular complexity index is 279. The molecule has 0 unspecified atom stereocenters. The topological polar surface area (TPSA) is 57.6 Å². The predicted molar refractivity (Wildman–Crippen MR) is 86.4 cm³/mol. The summed E-state index contributed by atoms with van der Waals surface area (Å²) in [5, 5.41) is 8.55. The molecule has 0 aromatic heterocycles. The normalized spacial score (nSPS) is 10.6. The second-order valence-corrected chi connectivity index (χ2v) is 5.89. The number of hydrogen-bond donors (Lipinski definition) is 1. The molecule has 0 aliphatic heterocycles. The minimum atomic E-state index is -0.796. The highest BCUT2D eigenvalue weighted by atomic mass is 16.4. The maximum absolute atomic E-state index is 11.8. The molecule has 0 spiro atoms. The number of carbonyl (C=O) groups is 2. The molecule has 0 atom stereocenters. The lowest BCUT2D eigenvalue weighted by molar-refractivity contribution is -0.138. The van der Waals surface area contributed by atoms with Crippen molar-refractivity contribution >= 4 is 11.9 Å². The number of rotatable bonds is 14. The van der Waals surface area contributed by atoms with E-state index in [4.69, 9.17) is 5.11 Å². The Kier molecular flexibility index (Phi) is 13.2. The van der Waals surface area contributed by atoms with Crippen molar-refractivity contribution < 1.29 is 14.7 Å². The van der Waals surface area contributed by atoms with Crippen LogP contribution in [0.15, 0.2) is 0 Å². The van der Waals surface area contributed by atoms with Crippen LogP contribution >= 0.6 is 0 Å². The van der Waals surface area contributed by atoms with Crippen LogP contribution in [0.4, 0.5) is 0 Å². The van der Waals surface area contributed by atoms with Gasteiger partial charge in [0.2, 0.25) is 5.91 Å². The van der Waals surface area contributed by atoms with Gasteiger partial charge in [0.25, 0.3) is 0 Å². The Morgan fingerprint density at radius 3 is 1.86 bits per heavy atom. The number of carboxylic acids is 1. The van der Waals surface area contributed by atoms with Crippen molar-refractivity contribution in [3.8, 4) is 0 Å². The van der Waals surface area contributed by atoms with E-state index in [0.717, 1.165) is 12.8 Å². The third-order valence-corrected chi connectivity index (χ3v) is 3.80. The summed E-state index contributed by atoms with van der Waals surface area (Å²) in [7, 11) is 1.76. The molecule has 0 rings (SSSR count). The van der Waals surface area contributed by atoms with Crippen LogP contribution in [-0.2, 0) is 9.59 Å². The van der Waals surface area contributed by atoms with Crippen molar-refractivity contribution in [2.45, 2.75) is 84.0 Å². The molecule has 0 radical (unpaired) electrons. The molecular formula is C17H33NO3. The van der Waals surface area contributed by atoms with Crippen LogP contribution in [0.5, 0.6) is 0 Å². The van der Waals surface area contributed by atoms with E-state index in [2.05, 4.69) is 6.92 Å². The van der Waals surface area contributed by atoms with E-state index in [9.17, 15) is 9.59 Å². The van der Waals surface area contributed by atoms with Crippen LogP contribution in [0.2, 0.25) is 0 Å². The first kappa shape index (κ1) is 19.9. The first-order valence-electron chi connectivity index (χ1n) is 8.53. The van der Waals surface area contributed by atoms with Gasteiger partial charge in [-0.25, -0.2) is 0 Å². The minimum Gasteiger partial charge on any atom is -0.481 e. The molecule has 0 saturated heterocycles. The van der Waals surface area contributed by atoms with Crippen molar-refractivity contribution in [1.29, 1.82) is 0 Å². The Balaban J connectivity index is 3.38. The molecule has 0 aliphatic rings. The van der Waals surface area contributed by atoms with E-state index in [1.54, 1.807) is 11.9 Å². The number of unbranched alkanes of at least 4 members (excludes halogenated alkanes) is 8. The lowest BCUT2D eigenvalue weighted by atomic mass is 10.1. The standard InChI is InChI=1S/C17H33NO3/c1-3-4-5-6-7-8-9-10-11-13-16(19)18(2)15-12-14-17(20)21/h3-15H2,1-2H3,(H,20,21). The molecule has 0 aromatic rings. The van der Waals surface area contributed by atoms with Crippen molar-refractivity contribution in [2.24, 2.45) is 0 Å². The molecule has 0 fully saturated rings. The summed E-state index contributed by atoms with van der Waals surface area (Å²) >= 11 is 0. The summed E-state index contributed by atoms with van der Waals surface area (Å²) in [6.07, 6.45) is 12.5. The highest BCUT2D eigenvalue weighted by molar-refractivity contribution is 5.75. The van der Waals surface area contributed by atoms with E-state index in [1.807, 2.05) is 0 Å². The van der Waals surface area contributed by atoms with Gasteiger partial charge >= 0.3 is 5.97 Å². The van der Waals surface area contributed by atoms with Gasteiger partial charge in [0, 0.05) is 26.4 Å². The van der Waals surface area contributed by atoms with Gasteiger partial charge < -0.3 is 10.0 Å². The fourth-order valence-corrected chi connectivity index (χ4v) is 2.37. The van der Waals surface area contributed by atoms with E-state index >= 15 is 0 Å². The maximum atomic E-state index is 11.8. The molecule has 124 valence electrons. The molecule has 1 N–H and O–H groups in total. The Morgan fingerprint density at radius 1 is 0.810 bits per heavy atom. The number of carbonyl (C=O) groups excluding carboxylic acids is 1. The van der Waals surface area contributed by atoms with E-state index < -0.39 is 5.97 Å². The van der Waals surface area contributed by atoms with Crippen LogP contribution < -0.4 is 0 Å². The molecule has 21 heavy (non-hydrogen) atoms. The molecule has 0 aliphatic carbocycles. The third kappa shape index (κ3) is 13.7. The Labute approximate surface area is 129 Å². The summed E-state index contributed by atoms with van der Waals surface area (Å²) in [4.78, 5) is 23.9. The summed E-state index contributed by atoms with van der Waals surface area (Å²) in [5.41, 5.74) is 0. The molecule has 0 heterocycles. The molecule has 0 saturated carbocycles. The summed E-state index contributed by atoms with van der Waals surface area (Å²) in [6.45, 7) is 2.78. The zero-order valence-corrected chi connectivity index (χ0v) is 13.9. The van der Waals surface area contributed by atoms with Crippen molar-refractivity contribution in [1.82, 2.24) is 4.90 Å². The van der Waals surface area contributed by atoms with Gasteiger partial charge in [0.15, 0.2) is 0 Å². The van der Waals surface area contributed by atoms with E-state index in [-0.39, 0.29) is 12.3 Å². The smallest absolute Gasteiger partial charge is 0.303 e. The van der Waals surface area contributed by atoms with E-state index in [0.29, 0.717) is 19.4 Å². The van der Waals surface area contributed by atoms with Crippen molar-refractivity contribution in [3.05, 3.63) is 0 Å². The Hall–Kier alpha value is -1.06. The lowest BCUT2D eigenvalue weighted by Gasteiger charge is -2.16. The van der Waals surface area contributed by atoms with Gasteiger partial charge in [-0.05, 0) is 12.8 Å². The number of nitrogens with zero attached hydrogens (tertiary/aromatic N) is 1. The first-order chi connectivity index (χ1) is 10.1. The number of carboxylic acid groups (broad SMARTS) is 1. The molecule has 4 nitrogen and oxygen atoms in total. The maximum Gasteiger partial charge on any atom is 0.303 e. The van der Waals surface area contributed by atoms with Crippen LogP contribution in [0.1, 0.15) is 84.0 Å². The Morgan fingerprint density at radius 2 is 1.33 bits per heavy atom. The second-order valence-electron chi connectivity index (χ2n) is 5.89.